The number of halogens is 5. The van der Waals surface area contributed by atoms with Crippen LogP contribution < -0.4 is 9.47 Å². The van der Waals surface area contributed by atoms with Crippen molar-refractivity contribution in [3.63, 3.8) is 0 Å². The molecular formula is C26H21Cl2F3N2O3S. The number of thioether (sulfide) groups is 1. The van der Waals surface area contributed by atoms with Gasteiger partial charge in [0.15, 0.2) is 5.17 Å². The van der Waals surface area contributed by atoms with Crippen LogP contribution >= 0.6 is 35.0 Å². The Labute approximate surface area is 226 Å². The van der Waals surface area contributed by atoms with E-state index < -0.39 is 17.0 Å². The zero-order chi connectivity index (χ0) is 26.7. The van der Waals surface area contributed by atoms with E-state index in [2.05, 4.69) is 4.99 Å². The molecule has 1 heterocycles. The number of methoxy groups -OCH3 is 2. The number of carbonyl (C=O) groups excluding carboxylic acids is 1. The molecule has 0 bridgehead atoms. The highest BCUT2D eigenvalue weighted by Gasteiger charge is 2.39. The molecule has 0 radical (unpaired) electrons. The number of alkyl halides is 3. The molecule has 1 atom stereocenters. The van der Waals surface area contributed by atoms with Crippen LogP contribution in [0.3, 0.4) is 0 Å². The highest BCUT2D eigenvalue weighted by Crippen LogP contribution is 2.37. The van der Waals surface area contributed by atoms with Crippen LogP contribution in [0, 0.1) is 0 Å². The molecule has 3 aromatic carbocycles. The monoisotopic (exact) mass is 568 g/mol. The lowest BCUT2D eigenvalue weighted by atomic mass is 10.1. The summed E-state index contributed by atoms with van der Waals surface area (Å²) in [4.78, 5) is 19.6. The Morgan fingerprint density at radius 3 is 2.46 bits per heavy atom. The van der Waals surface area contributed by atoms with Crippen molar-refractivity contribution >= 4 is 51.7 Å². The van der Waals surface area contributed by atoms with Crippen LogP contribution in [0.15, 0.2) is 65.7 Å². The largest absolute Gasteiger partial charge is 0.497 e. The van der Waals surface area contributed by atoms with Crippen molar-refractivity contribution in [2.45, 2.75) is 24.4 Å². The van der Waals surface area contributed by atoms with Gasteiger partial charge in [-0.05, 0) is 48.4 Å². The van der Waals surface area contributed by atoms with Crippen LogP contribution in [-0.2, 0) is 23.9 Å². The third kappa shape index (κ3) is 6.34. The number of hydrogen-bond acceptors (Lipinski definition) is 5. The molecule has 0 saturated carbocycles. The van der Waals surface area contributed by atoms with Gasteiger partial charge in [0.05, 0.1) is 47.3 Å². The van der Waals surface area contributed by atoms with E-state index in [4.69, 9.17) is 32.7 Å². The minimum absolute atomic E-state index is 0.101. The van der Waals surface area contributed by atoms with Crippen molar-refractivity contribution in [1.29, 1.82) is 0 Å². The molecule has 194 valence electrons. The lowest BCUT2D eigenvalue weighted by Gasteiger charge is -2.19. The van der Waals surface area contributed by atoms with E-state index in [1.807, 2.05) is 0 Å². The average Bonchev–Trinajstić information content (AvgIpc) is 3.14. The summed E-state index contributed by atoms with van der Waals surface area (Å²) in [6.07, 6.45) is -4.37. The van der Waals surface area contributed by atoms with Crippen LogP contribution in [0.5, 0.6) is 11.5 Å². The van der Waals surface area contributed by atoms with E-state index in [9.17, 15) is 18.0 Å². The molecule has 11 heteroatoms. The van der Waals surface area contributed by atoms with Gasteiger partial charge in [-0.1, -0.05) is 53.2 Å². The molecule has 1 unspecified atom stereocenters. The number of ether oxygens (including phenoxy) is 2. The van der Waals surface area contributed by atoms with Crippen molar-refractivity contribution in [3.05, 3.63) is 87.4 Å². The van der Waals surface area contributed by atoms with Gasteiger partial charge >= 0.3 is 6.18 Å². The van der Waals surface area contributed by atoms with Crippen molar-refractivity contribution in [2.75, 3.05) is 14.2 Å². The second-order valence-electron chi connectivity index (χ2n) is 8.10. The molecule has 1 aliphatic rings. The Balaban J connectivity index is 1.68. The van der Waals surface area contributed by atoms with Gasteiger partial charge < -0.3 is 9.47 Å². The van der Waals surface area contributed by atoms with Crippen LogP contribution in [0.2, 0.25) is 10.0 Å². The zero-order valence-corrected chi connectivity index (χ0v) is 22.0. The van der Waals surface area contributed by atoms with E-state index in [-0.39, 0.29) is 18.9 Å². The van der Waals surface area contributed by atoms with E-state index in [1.54, 1.807) is 42.5 Å². The molecular weight excluding hydrogens is 548 g/mol. The molecule has 1 amide bonds. The number of nitrogens with zero attached hydrogens (tertiary/aromatic N) is 2. The summed E-state index contributed by atoms with van der Waals surface area (Å²) < 4.78 is 50.4. The molecule has 1 fully saturated rings. The molecule has 3 aromatic rings. The van der Waals surface area contributed by atoms with E-state index in [0.717, 1.165) is 12.1 Å². The minimum Gasteiger partial charge on any atom is -0.497 e. The number of aliphatic imine (C=N–C) groups is 1. The minimum atomic E-state index is -4.47. The molecule has 0 aromatic heterocycles. The third-order valence-corrected chi connectivity index (χ3v) is 7.56. The summed E-state index contributed by atoms with van der Waals surface area (Å²) >= 11 is 13.3. The Kier molecular flexibility index (Phi) is 8.26. The first-order chi connectivity index (χ1) is 17.6. The van der Waals surface area contributed by atoms with Gasteiger partial charge in [0.25, 0.3) is 0 Å². The molecule has 0 N–H and O–H groups in total. The standard InChI is InChI=1S/C26H21Cl2F3N2O3S/c1-35-19-8-6-16(22(13-19)36-2)14-33-24(34)23(11-15-4-3-5-17(10-15)26(29,30)31)37-25(33)32-18-7-9-20(27)21(28)12-18/h3-10,12-13,23H,11,14H2,1-2H3. The van der Waals surface area contributed by atoms with Crippen molar-refractivity contribution in [1.82, 2.24) is 4.90 Å². The number of hydrogen-bond donors (Lipinski definition) is 0. The van der Waals surface area contributed by atoms with Gasteiger partial charge in [0.2, 0.25) is 5.91 Å². The van der Waals surface area contributed by atoms with Gasteiger partial charge in [-0.2, -0.15) is 13.2 Å². The van der Waals surface area contributed by atoms with Gasteiger partial charge in [-0.25, -0.2) is 4.99 Å². The summed E-state index contributed by atoms with van der Waals surface area (Å²) in [6.45, 7) is 0.137. The van der Waals surface area contributed by atoms with Gasteiger partial charge in [-0.3, -0.25) is 9.69 Å². The SMILES string of the molecule is COc1ccc(CN2C(=O)C(Cc3cccc(C(F)(F)F)c3)SC2=Nc2ccc(Cl)c(Cl)c2)c(OC)c1. The van der Waals surface area contributed by atoms with Crippen molar-refractivity contribution < 1.29 is 27.4 Å². The normalized spacial score (nSPS) is 16.9. The quantitative estimate of drug-likeness (QED) is 0.298. The number of rotatable bonds is 7. The first-order valence-electron chi connectivity index (χ1n) is 11.0. The lowest BCUT2D eigenvalue weighted by molar-refractivity contribution is -0.137. The smallest absolute Gasteiger partial charge is 0.416 e. The van der Waals surface area contributed by atoms with Crippen LogP contribution in [0.4, 0.5) is 18.9 Å². The first kappa shape index (κ1) is 27.2. The van der Waals surface area contributed by atoms with Crippen LogP contribution in [0.25, 0.3) is 0 Å². The third-order valence-electron chi connectivity index (χ3n) is 5.65. The summed E-state index contributed by atoms with van der Waals surface area (Å²) in [5.74, 6) is 0.835. The predicted octanol–water partition coefficient (Wildman–Crippen LogP) is 7.40. The average molecular weight is 569 g/mol. The molecule has 37 heavy (non-hydrogen) atoms. The van der Waals surface area contributed by atoms with E-state index in [0.29, 0.717) is 43.5 Å². The molecule has 0 spiro atoms. The molecule has 4 rings (SSSR count). The van der Waals surface area contributed by atoms with Crippen LogP contribution in [-0.4, -0.2) is 35.4 Å². The Morgan fingerprint density at radius 1 is 1.00 bits per heavy atom. The zero-order valence-electron chi connectivity index (χ0n) is 19.7. The fourth-order valence-electron chi connectivity index (χ4n) is 3.78. The van der Waals surface area contributed by atoms with Gasteiger partial charge in [0.1, 0.15) is 11.5 Å². The molecule has 1 aliphatic heterocycles. The first-order valence-corrected chi connectivity index (χ1v) is 12.6. The maximum Gasteiger partial charge on any atom is 0.416 e. The van der Waals surface area contributed by atoms with E-state index >= 15 is 0 Å². The van der Waals surface area contributed by atoms with Crippen molar-refractivity contribution in [2.24, 2.45) is 4.99 Å². The Bertz CT molecular complexity index is 1350. The maximum atomic E-state index is 13.5. The predicted molar refractivity (Wildman–Crippen MR) is 140 cm³/mol. The second-order valence-corrected chi connectivity index (χ2v) is 10.1. The number of carbonyl (C=O) groups is 1. The number of amidine groups is 1. The number of benzene rings is 3. The maximum absolute atomic E-state index is 13.5. The summed E-state index contributed by atoms with van der Waals surface area (Å²) in [7, 11) is 3.05. The molecule has 5 nitrogen and oxygen atoms in total. The summed E-state index contributed by atoms with van der Waals surface area (Å²) in [5.41, 5.74) is 0.832. The second kappa shape index (κ2) is 11.2. The number of amides is 1. The lowest BCUT2D eigenvalue weighted by Crippen LogP contribution is -2.32. The molecule has 0 aliphatic carbocycles. The summed E-state index contributed by atoms with van der Waals surface area (Å²) in [6, 6.07) is 15.1. The van der Waals surface area contributed by atoms with Gasteiger partial charge in [0, 0.05) is 11.6 Å². The van der Waals surface area contributed by atoms with Gasteiger partial charge in [-0.15, -0.1) is 0 Å². The topological polar surface area (TPSA) is 51.1 Å². The van der Waals surface area contributed by atoms with Crippen molar-refractivity contribution in [3.8, 4) is 11.5 Å². The highest BCUT2D eigenvalue weighted by atomic mass is 35.5. The fraction of sp³-hybridized carbons (Fsp3) is 0.231. The summed E-state index contributed by atoms with van der Waals surface area (Å²) in [5, 5.41) is 0.386. The van der Waals surface area contributed by atoms with E-state index in [1.165, 1.54) is 36.9 Å². The highest BCUT2D eigenvalue weighted by molar-refractivity contribution is 8.15. The van der Waals surface area contributed by atoms with Crippen LogP contribution in [0.1, 0.15) is 16.7 Å². The fourth-order valence-corrected chi connectivity index (χ4v) is 5.27. The molecule has 1 saturated heterocycles. The Morgan fingerprint density at radius 2 is 1.78 bits per heavy atom. The Hall–Kier alpha value is -2.88.